The van der Waals surface area contributed by atoms with Crippen LogP contribution in [0.4, 0.5) is 4.39 Å². The van der Waals surface area contributed by atoms with Gasteiger partial charge in [-0.05, 0) is 6.42 Å². The van der Waals surface area contributed by atoms with Crippen LogP contribution in [0.1, 0.15) is 6.42 Å². The second-order valence-corrected chi connectivity index (χ2v) is 4.37. The van der Waals surface area contributed by atoms with E-state index in [0.717, 1.165) is 10.8 Å². The minimum absolute atomic E-state index is 0.0204. The first kappa shape index (κ1) is 16.5. The highest BCUT2D eigenvalue weighted by molar-refractivity contribution is 7.71. The van der Waals surface area contributed by atoms with Crippen molar-refractivity contribution in [2.45, 2.75) is 19.1 Å². The van der Waals surface area contributed by atoms with Crippen LogP contribution in [0, 0.1) is 10.5 Å². The number of halogens is 1. The smallest absolute Gasteiger partial charge is 0.326 e. The van der Waals surface area contributed by atoms with Crippen LogP contribution >= 0.6 is 12.2 Å². The Kier molecular flexibility index (Phi) is 6.49. The van der Waals surface area contributed by atoms with Crippen molar-refractivity contribution in [2.75, 3.05) is 20.3 Å². The lowest BCUT2D eigenvalue weighted by Crippen LogP contribution is -2.29. The predicted octanol–water partition coefficient (Wildman–Crippen LogP) is -0.0480. The lowest BCUT2D eigenvalue weighted by Gasteiger charge is -2.15. The van der Waals surface area contributed by atoms with Crippen LogP contribution < -0.4 is 11.4 Å². The Morgan fingerprint density at radius 2 is 2.35 bits per heavy atom. The Morgan fingerprint density at radius 3 is 2.95 bits per heavy atom. The third-order valence-electron chi connectivity index (χ3n) is 2.59. The molecule has 112 valence electrons. The first-order valence-corrected chi connectivity index (χ1v) is 6.26. The van der Waals surface area contributed by atoms with Crippen molar-refractivity contribution in [3.05, 3.63) is 27.1 Å². The number of methoxy groups -OCH3 is 1. The van der Waals surface area contributed by atoms with Gasteiger partial charge in [0.2, 0.25) is 0 Å². The van der Waals surface area contributed by atoms with Gasteiger partial charge < -0.3 is 15.2 Å². The zero-order valence-electron chi connectivity index (χ0n) is 10.9. The first-order chi connectivity index (χ1) is 9.47. The van der Waals surface area contributed by atoms with Gasteiger partial charge >= 0.3 is 11.7 Å². The summed E-state index contributed by atoms with van der Waals surface area (Å²) >= 11 is 4.60. The molecule has 0 saturated heterocycles. The fraction of sp³-hybridized carbons (Fsp3) is 0.545. The summed E-state index contributed by atoms with van der Waals surface area (Å²) in [5.74, 6) is -1.22. The van der Waals surface area contributed by atoms with Crippen LogP contribution in [0.25, 0.3) is 0 Å². The van der Waals surface area contributed by atoms with Gasteiger partial charge in [-0.1, -0.05) is 12.2 Å². The Bertz CT molecular complexity index is 572. The molecule has 0 aliphatic rings. The first-order valence-electron chi connectivity index (χ1n) is 5.85. The number of hydrogen-bond donors (Lipinski definition) is 2. The molecular formula is C11H16FN3O4S. The zero-order chi connectivity index (χ0) is 15.1. The molecule has 7 nitrogen and oxygen atoms in total. The van der Waals surface area contributed by atoms with Crippen molar-refractivity contribution in [3.8, 4) is 0 Å². The molecular weight excluding hydrogens is 289 g/mol. The minimum atomic E-state index is -0.678. The van der Waals surface area contributed by atoms with Crippen molar-refractivity contribution in [2.24, 2.45) is 5.73 Å². The van der Waals surface area contributed by atoms with Gasteiger partial charge in [-0.2, -0.15) is 0 Å². The number of carbonyl (C=O) groups is 1. The number of aromatic nitrogens is 2. The molecule has 1 unspecified atom stereocenters. The molecule has 1 heterocycles. The largest absolute Gasteiger partial charge is 0.462 e. The highest BCUT2D eigenvalue weighted by atomic mass is 32.1. The summed E-state index contributed by atoms with van der Waals surface area (Å²) in [7, 11) is 1.45. The monoisotopic (exact) mass is 305 g/mol. The number of hydrogen-bond acceptors (Lipinski definition) is 6. The molecule has 1 aromatic heterocycles. The van der Waals surface area contributed by atoms with Crippen LogP contribution in [0.15, 0.2) is 11.0 Å². The van der Waals surface area contributed by atoms with E-state index in [1.54, 1.807) is 0 Å². The van der Waals surface area contributed by atoms with Crippen LogP contribution in [0.3, 0.4) is 0 Å². The molecule has 0 aliphatic heterocycles. The number of aromatic amines is 1. The van der Waals surface area contributed by atoms with Crippen molar-refractivity contribution in [3.63, 3.8) is 0 Å². The van der Waals surface area contributed by atoms with Gasteiger partial charge in [0.25, 0.3) is 0 Å². The molecule has 3 N–H and O–H groups in total. The number of H-pyrrole nitrogens is 1. The maximum Gasteiger partial charge on any atom is 0.326 e. The molecule has 0 spiro atoms. The van der Waals surface area contributed by atoms with Gasteiger partial charge in [-0.15, -0.1) is 0 Å². The van der Waals surface area contributed by atoms with E-state index in [1.807, 2.05) is 0 Å². The quantitative estimate of drug-likeness (QED) is 0.541. The highest BCUT2D eigenvalue weighted by Gasteiger charge is 2.11. The number of nitrogens with one attached hydrogen (secondary N) is 1. The van der Waals surface area contributed by atoms with E-state index < -0.39 is 23.6 Å². The molecule has 20 heavy (non-hydrogen) atoms. The fourth-order valence-corrected chi connectivity index (χ4v) is 1.59. The number of rotatable bonds is 7. The second kappa shape index (κ2) is 7.88. The molecule has 0 aromatic carbocycles. The Hall–Kier alpha value is -1.58. The van der Waals surface area contributed by atoms with E-state index in [1.165, 1.54) is 7.11 Å². The third kappa shape index (κ3) is 4.83. The molecule has 9 heteroatoms. The highest BCUT2D eigenvalue weighted by Crippen LogP contribution is 2.02. The van der Waals surface area contributed by atoms with Gasteiger partial charge in [0.15, 0.2) is 5.82 Å². The predicted molar refractivity (Wildman–Crippen MR) is 71.3 cm³/mol. The van der Waals surface area contributed by atoms with Crippen molar-refractivity contribution in [1.29, 1.82) is 0 Å². The van der Waals surface area contributed by atoms with Crippen LogP contribution in [0.5, 0.6) is 0 Å². The lowest BCUT2D eigenvalue weighted by atomic mass is 10.2. The van der Waals surface area contributed by atoms with Gasteiger partial charge in [0.1, 0.15) is 11.2 Å². The van der Waals surface area contributed by atoms with Gasteiger partial charge in [-0.3, -0.25) is 14.3 Å². The van der Waals surface area contributed by atoms with Crippen LogP contribution in [-0.4, -0.2) is 41.9 Å². The number of ether oxygens (including phenoxy) is 2. The molecule has 0 amide bonds. The maximum absolute atomic E-state index is 13.3. The second-order valence-electron chi connectivity index (χ2n) is 3.96. The standard InChI is InChI=1S/C11H16FN3O4S/c1-18-7(6-19-9(16)4-13)2-3-15-5-8(12)10(20)14-11(15)17/h5,7H,2-4,6,13H2,1H3,(H,14,17,20). The number of aryl methyl sites for hydroxylation is 1. The molecule has 1 atom stereocenters. The normalized spacial score (nSPS) is 12.2. The number of carbonyl (C=O) groups excluding carboxylic acids is 1. The summed E-state index contributed by atoms with van der Waals surface area (Å²) in [6, 6.07) is 0. The minimum Gasteiger partial charge on any atom is -0.462 e. The van der Waals surface area contributed by atoms with Gasteiger partial charge in [0, 0.05) is 19.9 Å². The molecule has 0 bridgehead atoms. The lowest BCUT2D eigenvalue weighted by molar-refractivity contribution is -0.145. The molecule has 0 fully saturated rings. The topological polar surface area (TPSA) is 99.3 Å². The summed E-state index contributed by atoms with van der Waals surface area (Å²) < 4.78 is 24.1. The van der Waals surface area contributed by atoms with Crippen LogP contribution in [0.2, 0.25) is 0 Å². The van der Waals surface area contributed by atoms with Crippen molar-refractivity contribution in [1.82, 2.24) is 9.55 Å². The fourth-order valence-electron chi connectivity index (χ4n) is 1.45. The van der Waals surface area contributed by atoms with Gasteiger partial charge in [0.05, 0.1) is 12.6 Å². The average molecular weight is 305 g/mol. The van der Waals surface area contributed by atoms with E-state index in [2.05, 4.69) is 17.2 Å². The SMILES string of the molecule is COC(CCn1cc(F)c(=S)[nH]c1=O)COC(=O)CN. The average Bonchev–Trinajstić information content (AvgIpc) is 2.43. The van der Waals surface area contributed by atoms with E-state index in [-0.39, 0.29) is 24.3 Å². The zero-order valence-corrected chi connectivity index (χ0v) is 11.7. The third-order valence-corrected chi connectivity index (χ3v) is 2.89. The summed E-state index contributed by atoms with van der Waals surface area (Å²) in [5.41, 5.74) is 4.59. The van der Waals surface area contributed by atoms with Gasteiger partial charge in [-0.25, -0.2) is 9.18 Å². The molecule has 0 saturated carbocycles. The van der Waals surface area contributed by atoms with E-state index in [9.17, 15) is 14.0 Å². The number of nitrogens with two attached hydrogens (primary N) is 1. The molecule has 0 aliphatic carbocycles. The van der Waals surface area contributed by atoms with Crippen LogP contribution in [-0.2, 0) is 20.8 Å². The van der Waals surface area contributed by atoms with Crippen molar-refractivity contribution >= 4 is 18.2 Å². The Balaban J connectivity index is 2.60. The number of nitrogens with zero attached hydrogens (tertiary/aromatic N) is 1. The Morgan fingerprint density at radius 1 is 1.65 bits per heavy atom. The van der Waals surface area contributed by atoms with E-state index in [4.69, 9.17) is 15.2 Å². The Labute approximate surface area is 119 Å². The van der Waals surface area contributed by atoms with E-state index in [0.29, 0.717) is 6.42 Å². The molecule has 0 radical (unpaired) electrons. The summed E-state index contributed by atoms with van der Waals surface area (Å²) in [4.78, 5) is 24.7. The summed E-state index contributed by atoms with van der Waals surface area (Å²) in [6.07, 6.45) is 0.974. The van der Waals surface area contributed by atoms with Crippen molar-refractivity contribution < 1.29 is 18.7 Å². The summed E-state index contributed by atoms with van der Waals surface area (Å²) in [5, 5.41) is 0. The molecule has 1 rings (SSSR count). The maximum atomic E-state index is 13.3. The summed E-state index contributed by atoms with van der Waals surface area (Å²) in [6.45, 7) is 0.00348. The number of esters is 1. The van der Waals surface area contributed by atoms with E-state index >= 15 is 0 Å². The molecule has 1 aromatic rings.